The van der Waals surface area contributed by atoms with E-state index in [1.165, 1.54) is 6.54 Å². The summed E-state index contributed by atoms with van der Waals surface area (Å²) >= 11 is 0. The maximum absolute atomic E-state index is 5.37. The van der Waals surface area contributed by atoms with Crippen molar-refractivity contribution in [3.05, 3.63) is 0 Å². The summed E-state index contributed by atoms with van der Waals surface area (Å²) in [4.78, 5) is 2.47. The Labute approximate surface area is 57.0 Å². The van der Waals surface area contributed by atoms with Gasteiger partial charge in [-0.2, -0.15) is 0 Å². The van der Waals surface area contributed by atoms with Crippen molar-refractivity contribution in [1.29, 1.82) is 0 Å². The van der Waals surface area contributed by atoms with Crippen molar-refractivity contribution in [2.75, 3.05) is 13.1 Å². The largest absolute Gasteiger partial charge is 0.330 e. The third kappa shape index (κ3) is 1.43. The molecule has 0 saturated carbocycles. The van der Waals surface area contributed by atoms with E-state index >= 15 is 0 Å². The average molecular weight is 128 g/mol. The lowest BCUT2D eigenvalue weighted by Crippen LogP contribution is -2.09. The van der Waals surface area contributed by atoms with Gasteiger partial charge in [0.1, 0.15) is 0 Å². The van der Waals surface area contributed by atoms with Crippen molar-refractivity contribution >= 4 is 0 Å². The lowest BCUT2D eigenvalue weighted by atomic mass is 10.4. The van der Waals surface area contributed by atoms with Gasteiger partial charge in [-0.05, 0) is 26.8 Å². The van der Waals surface area contributed by atoms with Crippen molar-refractivity contribution in [2.24, 2.45) is 5.73 Å². The van der Waals surface area contributed by atoms with Crippen LogP contribution in [0.15, 0.2) is 0 Å². The molecule has 0 radical (unpaired) electrons. The SMILES string of the molecule is CC1C(C)N1CCCN. The molecular weight excluding hydrogens is 112 g/mol. The molecular formula is C7H16N2. The Balaban J connectivity index is 2.04. The molecule has 0 aliphatic carbocycles. The molecule has 1 heterocycles. The Morgan fingerprint density at radius 3 is 2.22 bits per heavy atom. The van der Waals surface area contributed by atoms with E-state index in [9.17, 15) is 0 Å². The normalized spacial score (nSPS) is 41.0. The van der Waals surface area contributed by atoms with E-state index in [-0.39, 0.29) is 0 Å². The van der Waals surface area contributed by atoms with Gasteiger partial charge in [-0.15, -0.1) is 0 Å². The van der Waals surface area contributed by atoms with Gasteiger partial charge in [0, 0.05) is 18.6 Å². The van der Waals surface area contributed by atoms with Crippen molar-refractivity contribution in [3.8, 4) is 0 Å². The fourth-order valence-electron chi connectivity index (χ4n) is 1.26. The molecule has 1 fully saturated rings. The molecule has 2 atom stereocenters. The molecule has 0 spiro atoms. The van der Waals surface area contributed by atoms with Crippen LogP contribution in [0.25, 0.3) is 0 Å². The van der Waals surface area contributed by atoms with Crippen molar-refractivity contribution in [3.63, 3.8) is 0 Å². The van der Waals surface area contributed by atoms with E-state index in [1.54, 1.807) is 0 Å². The third-order valence-electron chi connectivity index (χ3n) is 2.28. The fraction of sp³-hybridized carbons (Fsp3) is 1.00. The topological polar surface area (TPSA) is 29.0 Å². The minimum Gasteiger partial charge on any atom is -0.330 e. The first kappa shape index (κ1) is 7.03. The minimum absolute atomic E-state index is 0.816. The molecule has 9 heavy (non-hydrogen) atoms. The van der Waals surface area contributed by atoms with Gasteiger partial charge in [0.25, 0.3) is 0 Å². The predicted molar refractivity (Wildman–Crippen MR) is 39.3 cm³/mol. The molecule has 2 N–H and O–H groups in total. The first-order valence-corrected chi connectivity index (χ1v) is 3.73. The molecule has 2 heteroatoms. The van der Waals surface area contributed by atoms with Crippen molar-refractivity contribution < 1.29 is 0 Å². The van der Waals surface area contributed by atoms with Crippen LogP contribution < -0.4 is 5.73 Å². The summed E-state index contributed by atoms with van der Waals surface area (Å²) < 4.78 is 0. The van der Waals surface area contributed by atoms with Crippen LogP contribution in [-0.2, 0) is 0 Å². The number of nitrogens with two attached hydrogens (primary N) is 1. The van der Waals surface area contributed by atoms with E-state index in [0.717, 1.165) is 25.0 Å². The summed E-state index contributed by atoms with van der Waals surface area (Å²) in [6, 6.07) is 1.63. The Bertz CT molecular complexity index is 84.9. The summed E-state index contributed by atoms with van der Waals surface area (Å²) in [5.41, 5.74) is 5.37. The summed E-state index contributed by atoms with van der Waals surface area (Å²) in [5, 5.41) is 0. The number of rotatable bonds is 3. The van der Waals surface area contributed by atoms with Crippen LogP contribution in [0.5, 0.6) is 0 Å². The predicted octanol–water partition coefficient (Wildman–Crippen LogP) is 0.428. The molecule has 54 valence electrons. The summed E-state index contributed by atoms with van der Waals surface area (Å²) in [5.74, 6) is 0. The van der Waals surface area contributed by atoms with E-state index < -0.39 is 0 Å². The zero-order valence-corrected chi connectivity index (χ0v) is 6.30. The van der Waals surface area contributed by atoms with E-state index in [1.807, 2.05) is 0 Å². The Morgan fingerprint density at radius 1 is 1.33 bits per heavy atom. The highest BCUT2D eigenvalue weighted by Gasteiger charge is 2.38. The Hall–Kier alpha value is -0.0800. The van der Waals surface area contributed by atoms with Gasteiger partial charge in [0.15, 0.2) is 0 Å². The van der Waals surface area contributed by atoms with Crippen LogP contribution in [0.1, 0.15) is 20.3 Å². The number of nitrogens with zero attached hydrogens (tertiary/aromatic N) is 1. The van der Waals surface area contributed by atoms with Crippen LogP contribution in [0.4, 0.5) is 0 Å². The standard InChI is InChI=1S/C7H16N2/c1-6-7(2)9(6)5-3-4-8/h6-7H,3-5,8H2,1-2H3. The highest BCUT2D eigenvalue weighted by atomic mass is 15.3. The van der Waals surface area contributed by atoms with Gasteiger partial charge in [-0.1, -0.05) is 0 Å². The second-order valence-corrected chi connectivity index (χ2v) is 2.86. The van der Waals surface area contributed by atoms with E-state index in [2.05, 4.69) is 18.7 Å². The van der Waals surface area contributed by atoms with Crippen LogP contribution in [0, 0.1) is 0 Å². The van der Waals surface area contributed by atoms with E-state index in [4.69, 9.17) is 5.73 Å². The maximum Gasteiger partial charge on any atom is 0.0224 e. The Morgan fingerprint density at radius 2 is 1.89 bits per heavy atom. The van der Waals surface area contributed by atoms with Crippen LogP contribution in [0.3, 0.4) is 0 Å². The molecule has 1 aliphatic heterocycles. The molecule has 1 rings (SSSR count). The molecule has 0 amide bonds. The molecule has 0 aromatic heterocycles. The smallest absolute Gasteiger partial charge is 0.0224 e. The molecule has 0 bridgehead atoms. The molecule has 0 aromatic rings. The Kier molecular flexibility index (Phi) is 2.09. The molecule has 2 unspecified atom stereocenters. The molecule has 1 aliphatic rings. The first-order chi connectivity index (χ1) is 4.27. The number of hydrogen-bond donors (Lipinski definition) is 1. The van der Waals surface area contributed by atoms with Gasteiger partial charge >= 0.3 is 0 Å². The van der Waals surface area contributed by atoms with Crippen LogP contribution in [-0.4, -0.2) is 30.1 Å². The second-order valence-electron chi connectivity index (χ2n) is 2.86. The van der Waals surface area contributed by atoms with Gasteiger partial charge < -0.3 is 5.73 Å². The van der Waals surface area contributed by atoms with Crippen LogP contribution >= 0.6 is 0 Å². The van der Waals surface area contributed by atoms with Gasteiger partial charge in [0.2, 0.25) is 0 Å². The molecule has 0 aromatic carbocycles. The number of hydrogen-bond acceptors (Lipinski definition) is 2. The van der Waals surface area contributed by atoms with Gasteiger partial charge in [-0.3, -0.25) is 4.90 Å². The highest BCUT2D eigenvalue weighted by Crippen LogP contribution is 2.26. The first-order valence-electron chi connectivity index (χ1n) is 3.73. The summed E-state index contributed by atoms with van der Waals surface area (Å²) in [6.45, 7) is 6.55. The average Bonchev–Trinajstić information content (AvgIpc) is 2.39. The zero-order chi connectivity index (χ0) is 6.85. The second kappa shape index (κ2) is 2.67. The fourth-order valence-corrected chi connectivity index (χ4v) is 1.26. The minimum atomic E-state index is 0.816. The maximum atomic E-state index is 5.37. The molecule has 1 saturated heterocycles. The zero-order valence-electron chi connectivity index (χ0n) is 6.30. The van der Waals surface area contributed by atoms with Gasteiger partial charge in [0.05, 0.1) is 0 Å². The summed E-state index contributed by atoms with van der Waals surface area (Å²) in [6.07, 6.45) is 1.15. The lowest BCUT2D eigenvalue weighted by Gasteiger charge is -1.97. The quantitative estimate of drug-likeness (QED) is 0.558. The summed E-state index contributed by atoms with van der Waals surface area (Å²) in [7, 11) is 0. The van der Waals surface area contributed by atoms with Crippen molar-refractivity contribution in [2.45, 2.75) is 32.4 Å². The monoisotopic (exact) mass is 128 g/mol. The van der Waals surface area contributed by atoms with Gasteiger partial charge in [-0.25, -0.2) is 0 Å². The molecule has 2 nitrogen and oxygen atoms in total. The highest BCUT2D eigenvalue weighted by molar-refractivity contribution is 4.94. The van der Waals surface area contributed by atoms with Crippen molar-refractivity contribution in [1.82, 2.24) is 4.90 Å². The van der Waals surface area contributed by atoms with Crippen LogP contribution in [0.2, 0.25) is 0 Å². The lowest BCUT2D eigenvalue weighted by molar-refractivity contribution is 0.481. The third-order valence-corrected chi connectivity index (χ3v) is 2.28. The van der Waals surface area contributed by atoms with E-state index in [0.29, 0.717) is 0 Å².